The molecule has 0 bridgehead atoms. The van der Waals surface area contributed by atoms with Crippen LogP contribution in [0.15, 0.2) is 105 Å². The summed E-state index contributed by atoms with van der Waals surface area (Å²) in [5.41, 5.74) is 2.89. The van der Waals surface area contributed by atoms with Gasteiger partial charge in [0.2, 0.25) is 3.79 Å². The van der Waals surface area contributed by atoms with Crippen LogP contribution in [0.5, 0.6) is 0 Å². The number of alkyl halides is 3. The quantitative estimate of drug-likeness (QED) is 0.281. The summed E-state index contributed by atoms with van der Waals surface area (Å²) >= 11 is 19.0. The van der Waals surface area contributed by atoms with Crippen molar-refractivity contribution in [3.63, 3.8) is 0 Å². The van der Waals surface area contributed by atoms with Gasteiger partial charge in [-0.1, -0.05) is 102 Å². The molecule has 2 aliphatic heterocycles. The Morgan fingerprint density at radius 1 is 0.688 bits per heavy atom. The van der Waals surface area contributed by atoms with E-state index in [1.165, 1.54) is 0 Å². The van der Waals surface area contributed by atoms with E-state index in [-0.39, 0.29) is 5.84 Å². The van der Waals surface area contributed by atoms with Crippen LogP contribution in [0.3, 0.4) is 0 Å². The van der Waals surface area contributed by atoms with Gasteiger partial charge >= 0.3 is 0 Å². The highest BCUT2D eigenvalue weighted by atomic mass is 35.6. The zero-order valence-electron chi connectivity index (χ0n) is 16.9. The number of nitrogens with zero attached hydrogens (tertiary/aromatic N) is 5. The number of amidine groups is 2. The average Bonchev–Trinajstić information content (AvgIpc) is 3.17. The Balaban J connectivity index is 1.79. The molecule has 1 spiro atoms. The van der Waals surface area contributed by atoms with Crippen LogP contribution in [0.4, 0.5) is 11.4 Å². The van der Waals surface area contributed by atoms with Gasteiger partial charge in [0.15, 0.2) is 11.7 Å². The standard InChI is InChI=1S/C23H19Cl3N5P/c24-23(25,26)22-27-21(18-10-4-1-5-11-18)28-32(29-22)30(19-12-6-2-7-13-19)16-17-31(32)20-14-8-3-9-15-20/h1-15H,16-17H2. The Bertz CT molecular complexity index is 1170. The molecule has 0 N–H and O–H groups in total. The van der Waals surface area contributed by atoms with Gasteiger partial charge in [-0.15, -0.1) is 0 Å². The maximum atomic E-state index is 6.35. The van der Waals surface area contributed by atoms with Crippen LogP contribution in [-0.2, 0) is 0 Å². The number of rotatable bonds is 3. The summed E-state index contributed by atoms with van der Waals surface area (Å²) in [6.07, 6.45) is 0. The lowest BCUT2D eigenvalue weighted by Crippen LogP contribution is -2.27. The van der Waals surface area contributed by atoms with Crippen molar-refractivity contribution in [3.05, 3.63) is 96.6 Å². The Morgan fingerprint density at radius 3 is 1.62 bits per heavy atom. The first-order chi connectivity index (χ1) is 15.5. The molecular formula is C23H19Cl3N5P. The SMILES string of the molecule is ClC(Cl)(Cl)C1=NC(c2ccccc2)=NP2(=N1)N(c1ccccc1)CCN2c1ccccc1. The molecule has 0 atom stereocenters. The van der Waals surface area contributed by atoms with Gasteiger partial charge in [-0.05, 0) is 24.3 Å². The Kier molecular flexibility index (Phi) is 5.77. The van der Waals surface area contributed by atoms with Gasteiger partial charge in [0, 0.05) is 30.0 Å². The van der Waals surface area contributed by atoms with Gasteiger partial charge in [0.1, 0.15) is 0 Å². The van der Waals surface area contributed by atoms with E-state index < -0.39 is 11.3 Å². The predicted molar refractivity (Wildman–Crippen MR) is 138 cm³/mol. The molecular weight excluding hydrogens is 484 g/mol. The summed E-state index contributed by atoms with van der Waals surface area (Å²) in [6, 6.07) is 30.0. The van der Waals surface area contributed by atoms with Crippen molar-refractivity contribution < 1.29 is 0 Å². The largest absolute Gasteiger partial charge is 0.303 e. The highest BCUT2D eigenvalue weighted by Gasteiger charge is 2.46. The van der Waals surface area contributed by atoms with Gasteiger partial charge in [-0.2, -0.15) is 9.51 Å². The summed E-state index contributed by atoms with van der Waals surface area (Å²) in [4.78, 5) is 4.58. The van der Waals surface area contributed by atoms with E-state index in [4.69, 9.17) is 44.3 Å². The maximum absolute atomic E-state index is 6.35. The first kappa shape index (κ1) is 21.5. The Labute approximate surface area is 202 Å². The molecule has 5 nitrogen and oxygen atoms in total. The lowest BCUT2D eigenvalue weighted by atomic mass is 10.2. The number of aliphatic imine (C=N–C) groups is 1. The second kappa shape index (κ2) is 8.57. The molecule has 5 rings (SSSR count). The molecule has 3 aromatic carbocycles. The molecule has 0 unspecified atom stereocenters. The third-order valence-electron chi connectivity index (χ3n) is 5.23. The van der Waals surface area contributed by atoms with Gasteiger partial charge in [0.05, 0.1) is 0 Å². The number of anilines is 2. The molecule has 0 aromatic heterocycles. The summed E-state index contributed by atoms with van der Waals surface area (Å²) in [7, 11) is -2.78. The third-order valence-corrected chi connectivity index (χ3v) is 8.82. The van der Waals surface area contributed by atoms with Crippen LogP contribution in [0.1, 0.15) is 5.56 Å². The summed E-state index contributed by atoms with van der Waals surface area (Å²) in [5.74, 6) is 0.660. The number of halogens is 3. The van der Waals surface area contributed by atoms with E-state index in [2.05, 4.69) is 38.6 Å². The smallest absolute Gasteiger partial charge is 0.271 e. The monoisotopic (exact) mass is 501 g/mol. The molecule has 1 saturated heterocycles. The van der Waals surface area contributed by atoms with Crippen molar-refractivity contribution in [2.75, 3.05) is 22.4 Å². The minimum Gasteiger partial charge on any atom is -0.303 e. The molecule has 3 aromatic rings. The van der Waals surface area contributed by atoms with E-state index >= 15 is 0 Å². The van der Waals surface area contributed by atoms with Gasteiger partial charge in [-0.25, -0.2) is 4.99 Å². The highest BCUT2D eigenvalue weighted by molar-refractivity contribution is 7.69. The molecule has 2 heterocycles. The van der Waals surface area contributed by atoms with Crippen LogP contribution >= 0.6 is 42.3 Å². The van der Waals surface area contributed by atoms with Crippen molar-refractivity contribution >= 4 is 65.4 Å². The van der Waals surface area contributed by atoms with Crippen molar-refractivity contribution in [1.29, 1.82) is 0 Å². The van der Waals surface area contributed by atoms with Gasteiger partial charge in [-0.3, -0.25) is 0 Å². The molecule has 0 radical (unpaired) electrons. The molecule has 9 heteroatoms. The number of hydrogen-bond donors (Lipinski definition) is 0. The normalized spacial score (nSPS) is 17.7. The van der Waals surface area contributed by atoms with Gasteiger partial charge < -0.3 is 9.34 Å². The number of hydrogen-bond acceptors (Lipinski definition) is 5. The van der Waals surface area contributed by atoms with E-state index in [0.717, 1.165) is 30.0 Å². The topological polar surface area (TPSA) is 43.6 Å². The Morgan fingerprint density at radius 2 is 1.16 bits per heavy atom. The van der Waals surface area contributed by atoms with Crippen molar-refractivity contribution in [2.24, 2.45) is 14.5 Å². The Hall–Kier alpha value is -2.30. The zero-order valence-corrected chi connectivity index (χ0v) is 20.1. The molecule has 1 fully saturated rings. The molecule has 162 valence electrons. The van der Waals surface area contributed by atoms with E-state index in [9.17, 15) is 0 Å². The fraction of sp³-hybridized carbons (Fsp3) is 0.130. The summed E-state index contributed by atoms with van der Waals surface area (Å²) in [6.45, 7) is 1.46. The molecule has 0 saturated carbocycles. The van der Waals surface area contributed by atoms with Crippen molar-refractivity contribution in [1.82, 2.24) is 0 Å². The number of para-hydroxylation sites is 2. The van der Waals surface area contributed by atoms with E-state index in [1.807, 2.05) is 66.7 Å². The van der Waals surface area contributed by atoms with Crippen LogP contribution in [0, 0.1) is 0 Å². The minimum absolute atomic E-state index is 0.147. The summed E-state index contributed by atoms with van der Waals surface area (Å²) < 4.78 is 12.9. The van der Waals surface area contributed by atoms with Crippen LogP contribution in [-0.4, -0.2) is 28.6 Å². The van der Waals surface area contributed by atoms with E-state index in [0.29, 0.717) is 5.84 Å². The molecule has 32 heavy (non-hydrogen) atoms. The fourth-order valence-corrected chi connectivity index (χ4v) is 7.46. The van der Waals surface area contributed by atoms with Crippen LogP contribution in [0.25, 0.3) is 0 Å². The van der Waals surface area contributed by atoms with E-state index in [1.54, 1.807) is 0 Å². The predicted octanol–water partition coefficient (Wildman–Crippen LogP) is 7.19. The lowest BCUT2D eigenvalue weighted by Gasteiger charge is -2.36. The van der Waals surface area contributed by atoms with Gasteiger partial charge in [0.25, 0.3) is 7.51 Å². The first-order valence-corrected chi connectivity index (χ1v) is 12.8. The lowest BCUT2D eigenvalue weighted by molar-refractivity contribution is 1.02. The summed E-state index contributed by atoms with van der Waals surface area (Å²) in [5, 5.41) is 0. The third kappa shape index (κ3) is 3.95. The molecule has 0 aliphatic carbocycles. The molecule has 2 aliphatic rings. The number of benzene rings is 3. The van der Waals surface area contributed by atoms with Crippen molar-refractivity contribution in [2.45, 2.75) is 3.79 Å². The first-order valence-electron chi connectivity index (χ1n) is 10.1. The highest BCUT2D eigenvalue weighted by Crippen LogP contribution is 2.65. The van der Waals surface area contributed by atoms with Crippen LogP contribution < -0.4 is 9.34 Å². The molecule has 0 amide bonds. The van der Waals surface area contributed by atoms with Crippen molar-refractivity contribution in [3.8, 4) is 0 Å². The second-order valence-corrected chi connectivity index (χ2v) is 12.0. The maximum Gasteiger partial charge on any atom is 0.271 e. The second-order valence-electron chi connectivity index (χ2n) is 7.28. The minimum atomic E-state index is -2.78. The average molecular weight is 503 g/mol. The van der Waals surface area contributed by atoms with Crippen LogP contribution in [0.2, 0.25) is 0 Å². The zero-order chi connectivity index (χ0) is 22.2. The fourth-order valence-electron chi connectivity index (χ4n) is 3.82.